The highest BCUT2D eigenvalue weighted by molar-refractivity contribution is 4.95. The number of hydrogen-bond donors (Lipinski definition) is 1. The normalized spacial score (nSPS) is 9.00. The molecule has 1 nitrogen and oxygen atoms in total. The SMILES string of the molecule is C/C=C(\CCCC)NC.CC.CC. The third-order valence-corrected chi connectivity index (χ3v) is 1.47. The van der Waals surface area contributed by atoms with Crippen molar-refractivity contribution in [2.75, 3.05) is 7.05 Å². The Hall–Kier alpha value is -0.460. The first-order chi connectivity index (χ1) is 6.35. The van der Waals surface area contributed by atoms with Crippen molar-refractivity contribution < 1.29 is 0 Å². The standard InChI is InChI=1S/C8H17N.2C2H6/c1-4-6-7-8(5-2)9-3;2*1-2/h5,9H,4,6-7H2,1-3H3;2*1-2H3/b8-5+;;. The molecule has 0 atom stereocenters. The van der Waals surface area contributed by atoms with Crippen molar-refractivity contribution in [3.05, 3.63) is 11.8 Å². The van der Waals surface area contributed by atoms with E-state index in [4.69, 9.17) is 0 Å². The largest absolute Gasteiger partial charge is 0.392 e. The number of unbranched alkanes of at least 4 members (excludes halogenated alkanes) is 1. The first kappa shape index (κ1) is 18.3. The Labute approximate surface area is 85.6 Å². The molecule has 0 aromatic rings. The third-order valence-electron chi connectivity index (χ3n) is 1.47. The monoisotopic (exact) mass is 187 g/mol. The molecular formula is C12H29N. The van der Waals surface area contributed by atoms with Crippen LogP contribution in [-0.4, -0.2) is 7.05 Å². The molecule has 0 aliphatic carbocycles. The van der Waals surface area contributed by atoms with Gasteiger partial charge in [-0.2, -0.15) is 0 Å². The zero-order valence-electron chi connectivity index (χ0n) is 10.7. The summed E-state index contributed by atoms with van der Waals surface area (Å²) in [4.78, 5) is 0. The average Bonchev–Trinajstić information content (AvgIpc) is 2.25. The Morgan fingerprint density at radius 1 is 1.15 bits per heavy atom. The van der Waals surface area contributed by atoms with Crippen LogP contribution >= 0.6 is 0 Å². The van der Waals surface area contributed by atoms with Crippen LogP contribution in [0.5, 0.6) is 0 Å². The van der Waals surface area contributed by atoms with Gasteiger partial charge in [-0.25, -0.2) is 0 Å². The van der Waals surface area contributed by atoms with Gasteiger partial charge in [-0.15, -0.1) is 0 Å². The Kier molecular flexibility index (Phi) is 31.8. The molecule has 0 rings (SSSR count). The van der Waals surface area contributed by atoms with Crippen LogP contribution in [0.2, 0.25) is 0 Å². The molecule has 0 aliphatic heterocycles. The predicted molar refractivity (Wildman–Crippen MR) is 65.0 cm³/mol. The zero-order valence-corrected chi connectivity index (χ0v) is 10.7. The van der Waals surface area contributed by atoms with E-state index in [-0.39, 0.29) is 0 Å². The minimum atomic E-state index is 1.20. The number of allylic oxidation sites excluding steroid dienone is 2. The van der Waals surface area contributed by atoms with Crippen LogP contribution in [0.1, 0.15) is 60.8 Å². The van der Waals surface area contributed by atoms with Gasteiger partial charge in [-0.05, 0) is 19.8 Å². The summed E-state index contributed by atoms with van der Waals surface area (Å²) in [5, 5.41) is 3.15. The second-order valence-corrected chi connectivity index (χ2v) is 2.17. The summed E-state index contributed by atoms with van der Waals surface area (Å²) >= 11 is 0. The Morgan fingerprint density at radius 3 is 1.85 bits per heavy atom. The summed E-state index contributed by atoms with van der Waals surface area (Å²) in [5.74, 6) is 0. The van der Waals surface area contributed by atoms with Gasteiger partial charge in [-0.3, -0.25) is 0 Å². The van der Waals surface area contributed by atoms with Crippen LogP contribution in [0.25, 0.3) is 0 Å². The predicted octanol–water partition coefficient (Wildman–Crippen LogP) is 4.35. The van der Waals surface area contributed by atoms with Crippen molar-refractivity contribution in [2.24, 2.45) is 0 Å². The molecule has 0 amide bonds. The van der Waals surface area contributed by atoms with E-state index in [2.05, 4.69) is 25.2 Å². The van der Waals surface area contributed by atoms with Gasteiger partial charge in [0.25, 0.3) is 0 Å². The Balaban J connectivity index is -0.000000218. The second-order valence-electron chi connectivity index (χ2n) is 2.17. The maximum absolute atomic E-state index is 3.15. The van der Waals surface area contributed by atoms with Crippen LogP contribution in [-0.2, 0) is 0 Å². The van der Waals surface area contributed by atoms with E-state index >= 15 is 0 Å². The van der Waals surface area contributed by atoms with E-state index in [1.807, 2.05) is 34.7 Å². The van der Waals surface area contributed by atoms with Crippen molar-refractivity contribution in [1.82, 2.24) is 5.32 Å². The molecule has 0 unspecified atom stereocenters. The first-order valence-corrected chi connectivity index (χ1v) is 5.68. The Bertz CT molecular complexity index is 85.1. The summed E-state index contributed by atoms with van der Waals surface area (Å²) in [6, 6.07) is 0. The molecular weight excluding hydrogens is 158 g/mol. The van der Waals surface area contributed by atoms with Gasteiger partial charge in [0.05, 0.1) is 0 Å². The molecule has 82 valence electrons. The molecule has 13 heavy (non-hydrogen) atoms. The van der Waals surface area contributed by atoms with E-state index < -0.39 is 0 Å². The van der Waals surface area contributed by atoms with Crippen molar-refractivity contribution in [1.29, 1.82) is 0 Å². The quantitative estimate of drug-likeness (QED) is 0.690. The fraction of sp³-hybridized carbons (Fsp3) is 0.833. The molecule has 0 saturated carbocycles. The zero-order chi connectivity index (χ0) is 11.1. The third kappa shape index (κ3) is 18.5. The molecule has 0 radical (unpaired) electrons. The van der Waals surface area contributed by atoms with Crippen LogP contribution < -0.4 is 5.32 Å². The highest BCUT2D eigenvalue weighted by Gasteiger charge is 1.88. The van der Waals surface area contributed by atoms with E-state index in [9.17, 15) is 0 Å². The average molecular weight is 187 g/mol. The van der Waals surface area contributed by atoms with Gasteiger partial charge in [0, 0.05) is 12.7 Å². The molecule has 0 bridgehead atoms. The first-order valence-electron chi connectivity index (χ1n) is 5.68. The molecule has 1 heteroatoms. The molecule has 0 aromatic carbocycles. The van der Waals surface area contributed by atoms with Crippen LogP contribution in [0, 0.1) is 0 Å². The highest BCUT2D eigenvalue weighted by Crippen LogP contribution is 2.01. The fourth-order valence-corrected chi connectivity index (χ4v) is 0.781. The minimum Gasteiger partial charge on any atom is -0.392 e. The fourth-order valence-electron chi connectivity index (χ4n) is 0.781. The summed E-state index contributed by atoms with van der Waals surface area (Å²) < 4.78 is 0. The number of nitrogens with one attached hydrogen (secondary N) is 1. The number of hydrogen-bond acceptors (Lipinski definition) is 1. The van der Waals surface area contributed by atoms with E-state index in [0.29, 0.717) is 0 Å². The van der Waals surface area contributed by atoms with E-state index in [1.165, 1.54) is 25.0 Å². The lowest BCUT2D eigenvalue weighted by molar-refractivity contribution is 0.743. The molecule has 0 fully saturated rings. The molecule has 0 spiro atoms. The van der Waals surface area contributed by atoms with Crippen LogP contribution in [0.4, 0.5) is 0 Å². The van der Waals surface area contributed by atoms with E-state index in [1.54, 1.807) is 0 Å². The van der Waals surface area contributed by atoms with Crippen LogP contribution in [0.15, 0.2) is 11.8 Å². The topological polar surface area (TPSA) is 12.0 Å². The summed E-state index contributed by atoms with van der Waals surface area (Å²) in [5.41, 5.74) is 1.36. The van der Waals surface area contributed by atoms with Crippen molar-refractivity contribution >= 4 is 0 Å². The molecule has 0 aromatic heterocycles. The molecule has 0 heterocycles. The van der Waals surface area contributed by atoms with Gasteiger partial charge in [0.15, 0.2) is 0 Å². The molecule has 0 aliphatic rings. The summed E-state index contributed by atoms with van der Waals surface area (Å²) in [6.07, 6.45) is 5.90. The second kappa shape index (κ2) is 22.5. The van der Waals surface area contributed by atoms with Crippen LogP contribution in [0.3, 0.4) is 0 Å². The Morgan fingerprint density at radius 2 is 1.62 bits per heavy atom. The van der Waals surface area contributed by atoms with Gasteiger partial charge >= 0.3 is 0 Å². The van der Waals surface area contributed by atoms with Crippen molar-refractivity contribution in [3.8, 4) is 0 Å². The lowest BCUT2D eigenvalue weighted by Crippen LogP contribution is -2.04. The van der Waals surface area contributed by atoms with Crippen molar-refractivity contribution in [3.63, 3.8) is 0 Å². The van der Waals surface area contributed by atoms with Gasteiger partial charge < -0.3 is 5.32 Å². The van der Waals surface area contributed by atoms with Crippen molar-refractivity contribution in [2.45, 2.75) is 60.8 Å². The highest BCUT2D eigenvalue weighted by atomic mass is 14.8. The summed E-state index contributed by atoms with van der Waals surface area (Å²) in [6.45, 7) is 12.3. The maximum atomic E-state index is 3.15. The summed E-state index contributed by atoms with van der Waals surface area (Å²) in [7, 11) is 1.98. The lowest BCUT2D eigenvalue weighted by atomic mass is 10.2. The minimum absolute atomic E-state index is 1.20. The van der Waals surface area contributed by atoms with Gasteiger partial charge in [0.1, 0.15) is 0 Å². The number of rotatable bonds is 4. The maximum Gasteiger partial charge on any atom is 0.00607 e. The molecule has 0 saturated heterocycles. The van der Waals surface area contributed by atoms with Gasteiger partial charge in [0.2, 0.25) is 0 Å². The van der Waals surface area contributed by atoms with Gasteiger partial charge in [-0.1, -0.05) is 47.1 Å². The smallest absolute Gasteiger partial charge is 0.00607 e. The lowest BCUT2D eigenvalue weighted by Gasteiger charge is -2.02. The van der Waals surface area contributed by atoms with E-state index in [0.717, 1.165) is 0 Å². The molecule has 1 N–H and O–H groups in total.